The van der Waals surface area contributed by atoms with Gasteiger partial charge in [-0.25, -0.2) is 0 Å². The Morgan fingerprint density at radius 1 is 1.09 bits per heavy atom. The van der Waals surface area contributed by atoms with Gasteiger partial charge in [-0.05, 0) is 35.9 Å². The standard InChI is InChI=1S/C18H18N2OS/c1-19-18-20(15-6-4-3-5-7-15)13-17(22-18)12-14-8-10-16(21-2)11-9-14/h3-12H,13H2,1-2H3/b17-12-,19-18-. The summed E-state index contributed by atoms with van der Waals surface area (Å²) in [5.74, 6) is 0.878. The lowest BCUT2D eigenvalue weighted by molar-refractivity contribution is 0.415. The predicted molar refractivity (Wildman–Crippen MR) is 95.7 cm³/mol. The van der Waals surface area contributed by atoms with Crippen LogP contribution in [0.5, 0.6) is 5.75 Å². The SMILES string of the molecule is C/N=C1\S/C(=C\c2ccc(OC)cc2)CN1c1ccccc1. The Kier molecular flexibility index (Phi) is 4.49. The molecule has 0 aliphatic carbocycles. The number of ether oxygens (including phenoxy) is 1. The van der Waals surface area contributed by atoms with Gasteiger partial charge in [0.15, 0.2) is 5.17 Å². The first-order valence-electron chi connectivity index (χ1n) is 7.12. The summed E-state index contributed by atoms with van der Waals surface area (Å²) in [6, 6.07) is 18.5. The van der Waals surface area contributed by atoms with Gasteiger partial charge in [-0.3, -0.25) is 4.99 Å². The van der Waals surface area contributed by atoms with Gasteiger partial charge in [0, 0.05) is 17.6 Å². The molecule has 22 heavy (non-hydrogen) atoms. The summed E-state index contributed by atoms with van der Waals surface area (Å²) in [6.45, 7) is 0.855. The van der Waals surface area contributed by atoms with Gasteiger partial charge in [0.1, 0.15) is 5.75 Å². The van der Waals surface area contributed by atoms with Crippen LogP contribution in [-0.4, -0.2) is 25.9 Å². The summed E-state index contributed by atoms with van der Waals surface area (Å²) >= 11 is 1.72. The number of hydrogen-bond acceptors (Lipinski definition) is 3. The van der Waals surface area contributed by atoms with Crippen LogP contribution in [-0.2, 0) is 0 Å². The molecule has 0 aromatic heterocycles. The average molecular weight is 310 g/mol. The highest BCUT2D eigenvalue weighted by molar-refractivity contribution is 8.18. The van der Waals surface area contributed by atoms with E-state index in [2.05, 4.69) is 52.4 Å². The van der Waals surface area contributed by atoms with Crippen LogP contribution in [0.4, 0.5) is 5.69 Å². The van der Waals surface area contributed by atoms with Gasteiger partial charge in [0.05, 0.1) is 13.7 Å². The van der Waals surface area contributed by atoms with Crippen LogP contribution in [0.2, 0.25) is 0 Å². The fourth-order valence-electron chi connectivity index (χ4n) is 2.37. The quantitative estimate of drug-likeness (QED) is 0.846. The first-order valence-corrected chi connectivity index (χ1v) is 7.93. The lowest BCUT2D eigenvalue weighted by atomic mass is 10.2. The Morgan fingerprint density at radius 3 is 2.45 bits per heavy atom. The molecular formula is C18H18N2OS. The maximum atomic E-state index is 5.20. The van der Waals surface area contributed by atoms with Crippen molar-refractivity contribution < 1.29 is 4.74 Å². The van der Waals surface area contributed by atoms with Crippen LogP contribution in [0.3, 0.4) is 0 Å². The number of hydrogen-bond donors (Lipinski definition) is 0. The third-order valence-corrected chi connectivity index (χ3v) is 4.56. The van der Waals surface area contributed by atoms with E-state index in [1.54, 1.807) is 18.9 Å². The number of rotatable bonds is 3. The van der Waals surface area contributed by atoms with Gasteiger partial charge >= 0.3 is 0 Å². The summed E-state index contributed by atoms with van der Waals surface area (Å²) in [7, 11) is 3.52. The number of benzene rings is 2. The maximum absolute atomic E-state index is 5.20. The molecule has 0 saturated carbocycles. The Morgan fingerprint density at radius 2 is 1.82 bits per heavy atom. The minimum absolute atomic E-state index is 0.855. The third kappa shape index (κ3) is 3.17. The van der Waals surface area contributed by atoms with E-state index in [1.165, 1.54) is 16.2 Å². The Balaban J connectivity index is 1.83. The Hall–Kier alpha value is -2.20. The highest BCUT2D eigenvalue weighted by Crippen LogP contribution is 2.34. The van der Waals surface area contributed by atoms with Crippen molar-refractivity contribution in [3.63, 3.8) is 0 Å². The van der Waals surface area contributed by atoms with Crippen molar-refractivity contribution in [2.24, 2.45) is 4.99 Å². The third-order valence-electron chi connectivity index (χ3n) is 3.47. The monoisotopic (exact) mass is 310 g/mol. The number of aliphatic imine (C=N–C) groups is 1. The molecule has 0 radical (unpaired) electrons. The van der Waals surface area contributed by atoms with E-state index in [0.29, 0.717) is 0 Å². The van der Waals surface area contributed by atoms with Crippen molar-refractivity contribution in [2.75, 3.05) is 25.6 Å². The van der Waals surface area contributed by atoms with Crippen LogP contribution in [0.15, 0.2) is 64.5 Å². The molecule has 2 aromatic carbocycles. The van der Waals surface area contributed by atoms with E-state index in [9.17, 15) is 0 Å². The maximum Gasteiger partial charge on any atom is 0.168 e. The normalized spacial score (nSPS) is 18.2. The molecular weight excluding hydrogens is 292 g/mol. The van der Waals surface area contributed by atoms with Gasteiger partial charge in [-0.2, -0.15) is 0 Å². The number of nitrogens with zero attached hydrogens (tertiary/aromatic N) is 2. The van der Waals surface area contributed by atoms with E-state index >= 15 is 0 Å². The lowest BCUT2D eigenvalue weighted by Gasteiger charge is -2.16. The second-order valence-corrected chi connectivity index (χ2v) is 6.01. The molecule has 112 valence electrons. The first-order chi connectivity index (χ1) is 10.8. The minimum atomic E-state index is 0.855. The van der Waals surface area contributed by atoms with E-state index in [0.717, 1.165) is 17.5 Å². The van der Waals surface area contributed by atoms with Crippen LogP contribution >= 0.6 is 11.8 Å². The van der Waals surface area contributed by atoms with Crippen LogP contribution in [0.1, 0.15) is 5.56 Å². The zero-order chi connectivity index (χ0) is 15.4. The summed E-state index contributed by atoms with van der Waals surface area (Å²) in [5.41, 5.74) is 2.35. The Labute approximate surface area is 135 Å². The first kappa shape index (κ1) is 14.7. The molecule has 0 spiro atoms. The molecule has 1 aliphatic rings. The zero-order valence-corrected chi connectivity index (χ0v) is 13.5. The van der Waals surface area contributed by atoms with Gasteiger partial charge < -0.3 is 9.64 Å². The molecule has 0 bridgehead atoms. The molecule has 3 nitrogen and oxygen atoms in total. The number of para-hydroxylation sites is 1. The second kappa shape index (κ2) is 6.71. The molecule has 1 fully saturated rings. The fraction of sp³-hybridized carbons (Fsp3) is 0.167. The lowest BCUT2D eigenvalue weighted by Crippen LogP contribution is -2.23. The molecule has 0 N–H and O–H groups in total. The highest BCUT2D eigenvalue weighted by Gasteiger charge is 2.24. The molecule has 0 unspecified atom stereocenters. The van der Waals surface area contributed by atoms with Crippen molar-refractivity contribution in [1.29, 1.82) is 0 Å². The number of anilines is 1. The summed E-state index contributed by atoms with van der Waals surface area (Å²) in [4.78, 5) is 7.93. The molecule has 0 atom stereocenters. The van der Waals surface area contributed by atoms with Gasteiger partial charge in [0.2, 0.25) is 0 Å². The Bertz CT molecular complexity index is 693. The van der Waals surface area contributed by atoms with Crippen LogP contribution < -0.4 is 9.64 Å². The molecule has 1 aliphatic heterocycles. The van der Waals surface area contributed by atoms with Crippen LogP contribution in [0.25, 0.3) is 6.08 Å². The van der Waals surface area contributed by atoms with Crippen molar-refractivity contribution >= 4 is 28.7 Å². The van der Waals surface area contributed by atoms with Crippen molar-refractivity contribution in [3.05, 3.63) is 65.1 Å². The largest absolute Gasteiger partial charge is 0.497 e. The van der Waals surface area contributed by atoms with Crippen LogP contribution in [0, 0.1) is 0 Å². The van der Waals surface area contributed by atoms with Crippen molar-refractivity contribution in [2.45, 2.75) is 0 Å². The summed E-state index contributed by atoms with van der Waals surface area (Å²) in [5, 5.41) is 1.03. The molecule has 0 amide bonds. The van der Waals surface area contributed by atoms with Gasteiger partial charge in [-0.1, -0.05) is 42.1 Å². The van der Waals surface area contributed by atoms with Crippen molar-refractivity contribution in [3.8, 4) is 5.75 Å². The highest BCUT2D eigenvalue weighted by atomic mass is 32.2. The molecule has 1 heterocycles. The predicted octanol–water partition coefficient (Wildman–Crippen LogP) is 4.28. The zero-order valence-electron chi connectivity index (χ0n) is 12.7. The van der Waals surface area contributed by atoms with Gasteiger partial charge in [0.25, 0.3) is 0 Å². The van der Waals surface area contributed by atoms with Gasteiger partial charge in [-0.15, -0.1) is 0 Å². The molecule has 4 heteroatoms. The number of thioether (sulfide) groups is 1. The van der Waals surface area contributed by atoms with E-state index < -0.39 is 0 Å². The fourth-order valence-corrected chi connectivity index (χ4v) is 3.36. The average Bonchev–Trinajstić information content (AvgIpc) is 2.99. The molecule has 2 aromatic rings. The smallest absolute Gasteiger partial charge is 0.168 e. The summed E-state index contributed by atoms with van der Waals surface area (Å²) in [6.07, 6.45) is 2.21. The van der Waals surface area contributed by atoms with E-state index in [4.69, 9.17) is 4.74 Å². The number of methoxy groups -OCH3 is 1. The molecule has 3 rings (SSSR count). The van der Waals surface area contributed by atoms with E-state index in [1.807, 2.05) is 25.2 Å². The minimum Gasteiger partial charge on any atom is -0.497 e. The molecule has 1 saturated heterocycles. The second-order valence-electron chi connectivity index (χ2n) is 4.91. The number of amidine groups is 1. The summed E-state index contributed by atoms with van der Waals surface area (Å²) < 4.78 is 5.20. The van der Waals surface area contributed by atoms with E-state index in [-0.39, 0.29) is 0 Å². The van der Waals surface area contributed by atoms with Crippen molar-refractivity contribution in [1.82, 2.24) is 0 Å². The topological polar surface area (TPSA) is 24.8 Å².